The van der Waals surface area contributed by atoms with Crippen LogP contribution in [-0.2, 0) is 16.1 Å². The molecule has 0 aliphatic carbocycles. The molecule has 1 aliphatic heterocycles. The van der Waals surface area contributed by atoms with Gasteiger partial charge in [0.15, 0.2) is 16.7 Å². The number of nitrogens with zero attached hydrogens (tertiary/aromatic N) is 2. The number of methoxy groups -OCH3 is 1. The Kier molecular flexibility index (Phi) is 6.28. The summed E-state index contributed by atoms with van der Waals surface area (Å²) in [6.45, 7) is 7.53. The summed E-state index contributed by atoms with van der Waals surface area (Å²) in [5.41, 5.74) is 3.05. The Morgan fingerprint density at radius 3 is 2.93 bits per heavy atom. The lowest BCUT2D eigenvalue weighted by Gasteiger charge is -2.15. The summed E-state index contributed by atoms with van der Waals surface area (Å²) in [6.07, 6.45) is 0. The molecule has 1 amide bonds. The molecule has 0 bridgehead atoms. The number of amides is 1. The van der Waals surface area contributed by atoms with Crippen LogP contribution in [0.3, 0.4) is 0 Å². The van der Waals surface area contributed by atoms with Gasteiger partial charge in [0.05, 0.1) is 24.1 Å². The third-order valence-corrected chi connectivity index (χ3v) is 5.52. The van der Waals surface area contributed by atoms with Crippen molar-refractivity contribution >= 4 is 17.7 Å². The third kappa shape index (κ3) is 4.56. The van der Waals surface area contributed by atoms with Crippen LogP contribution in [-0.4, -0.2) is 41.7 Å². The fourth-order valence-electron chi connectivity index (χ4n) is 2.86. The number of thioether (sulfide) groups is 1. The zero-order valence-corrected chi connectivity index (χ0v) is 16.9. The van der Waals surface area contributed by atoms with Crippen LogP contribution in [0.25, 0.3) is 0 Å². The molecule has 1 N–H and O–H groups in total. The number of ether oxygens (including phenoxy) is 3. The normalized spacial score (nSPS) is 13.6. The number of carbonyl (C=O) groups is 1. The molecular weight excluding hydrogens is 366 g/mol. The van der Waals surface area contributed by atoms with Crippen LogP contribution in [0.5, 0.6) is 11.5 Å². The summed E-state index contributed by atoms with van der Waals surface area (Å²) in [6, 6.07) is 5.59. The highest BCUT2D eigenvalue weighted by molar-refractivity contribution is 7.99. The van der Waals surface area contributed by atoms with Gasteiger partial charge >= 0.3 is 0 Å². The number of aromatic nitrogens is 2. The average Bonchev–Trinajstić information content (AvgIpc) is 3.22. The second kappa shape index (κ2) is 8.67. The molecule has 7 nitrogen and oxygen atoms in total. The van der Waals surface area contributed by atoms with Gasteiger partial charge < -0.3 is 24.1 Å². The van der Waals surface area contributed by atoms with Gasteiger partial charge in [0.1, 0.15) is 0 Å². The smallest absolute Gasteiger partial charge is 0.231 e. The first kappa shape index (κ1) is 19.6. The van der Waals surface area contributed by atoms with Crippen LogP contribution >= 0.6 is 11.8 Å². The standard InChI is InChI=1S/C19H25N3O4S/c1-12-14(3)22(7-8-24-4)19(21-12)27-10-18(23)20-13(2)15-5-6-16-17(9-15)26-11-25-16/h5-6,9,13H,7-8,10-11H2,1-4H3,(H,20,23). The zero-order valence-electron chi connectivity index (χ0n) is 16.1. The summed E-state index contributed by atoms with van der Waals surface area (Å²) in [5, 5.41) is 3.86. The third-order valence-electron chi connectivity index (χ3n) is 4.55. The second-order valence-electron chi connectivity index (χ2n) is 6.40. The van der Waals surface area contributed by atoms with E-state index in [1.54, 1.807) is 7.11 Å². The van der Waals surface area contributed by atoms with E-state index >= 15 is 0 Å². The van der Waals surface area contributed by atoms with E-state index in [1.165, 1.54) is 11.8 Å². The SMILES string of the molecule is COCCn1c(SCC(=O)NC(C)c2ccc3c(c2)OCO3)nc(C)c1C. The molecule has 27 heavy (non-hydrogen) atoms. The highest BCUT2D eigenvalue weighted by atomic mass is 32.2. The number of aryl methyl sites for hydroxylation is 1. The number of imidazole rings is 1. The van der Waals surface area contributed by atoms with E-state index < -0.39 is 0 Å². The van der Waals surface area contributed by atoms with Gasteiger partial charge in [-0.2, -0.15) is 0 Å². The fourth-order valence-corrected chi connectivity index (χ4v) is 3.79. The number of fused-ring (bicyclic) bond motifs is 1. The Balaban J connectivity index is 1.57. The Hall–Kier alpha value is -2.19. The van der Waals surface area contributed by atoms with Gasteiger partial charge in [-0.05, 0) is 38.5 Å². The zero-order chi connectivity index (χ0) is 19.4. The molecule has 1 aromatic heterocycles. The number of benzene rings is 1. The average molecular weight is 391 g/mol. The molecule has 0 fully saturated rings. The van der Waals surface area contributed by atoms with Gasteiger partial charge in [-0.25, -0.2) is 4.98 Å². The molecule has 0 saturated heterocycles. The van der Waals surface area contributed by atoms with Crippen molar-refractivity contribution in [3.8, 4) is 11.5 Å². The van der Waals surface area contributed by atoms with Gasteiger partial charge in [-0.1, -0.05) is 17.8 Å². The highest BCUT2D eigenvalue weighted by Crippen LogP contribution is 2.34. The van der Waals surface area contributed by atoms with Crippen molar-refractivity contribution in [3.05, 3.63) is 35.2 Å². The maximum absolute atomic E-state index is 12.4. The van der Waals surface area contributed by atoms with Gasteiger partial charge in [0.25, 0.3) is 0 Å². The molecule has 2 heterocycles. The molecule has 0 saturated carbocycles. The van der Waals surface area contributed by atoms with Crippen LogP contribution in [0.4, 0.5) is 0 Å². The summed E-state index contributed by atoms with van der Waals surface area (Å²) >= 11 is 1.44. The summed E-state index contributed by atoms with van der Waals surface area (Å²) in [7, 11) is 1.68. The lowest BCUT2D eigenvalue weighted by Crippen LogP contribution is -2.28. The minimum Gasteiger partial charge on any atom is -0.454 e. The van der Waals surface area contributed by atoms with Crippen LogP contribution in [0.2, 0.25) is 0 Å². The highest BCUT2D eigenvalue weighted by Gasteiger charge is 2.18. The summed E-state index contributed by atoms with van der Waals surface area (Å²) < 4.78 is 18.0. The molecule has 1 aromatic carbocycles. The minimum atomic E-state index is -0.121. The molecular formula is C19H25N3O4S. The Labute approximate surface area is 163 Å². The van der Waals surface area contributed by atoms with Crippen LogP contribution in [0, 0.1) is 13.8 Å². The van der Waals surface area contributed by atoms with E-state index in [-0.39, 0.29) is 18.7 Å². The van der Waals surface area contributed by atoms with Gasteiger partial charge in [0.2, 0.25) is 12.7 Å². The van der Waals surface area contributed by atoms with E-state index in [0.29, 0.717) is 18.1 Å². The van der Waals surface area contributed by atoms with Crippen molar-refractivity contribution in [2.24, 2.45) is 0 Å². The number of carbonyl (C=O) groups excluding carboxylic acids is 1. The Bertz CT molecular complexity index is 822. The Morgan fingerprint density at radius 2 is 2.15 bits per heavy atom. The summed E-state index contributed by atoms with van der Waals surface area (Å²) in [4.78, 5) is 17.0. The maximum Gasteiger partial charge on any atom is 0.231 e. The van der Waals surface area contributed by atoms with Crippen molar-refractivity contribution < 1.29 is 19.0 Å². The quantitative estimate of drug-likeness (QED) is 0.698. The number of rotatable bonds is 8. The van der Waals surface area contributed by atoms with Crippen molar-refractivity contribution in [1.29, 1.82) is 0 Å². The molecule has 8 heteroatoms. The molecule has 1 atom stereocenters. The summed E-state index contributed by atoms with van der Waals surface area (Å²) in [5.74, 6) is 1.72. The van der Waals surface area contributed by atoms with Crippen LogP contribution in [0.15, 0.2) is 23.4 Å². The first-order chi connectivity index (χ1) is 13.0. The first-order valence-corrected chi connectivity index (χ1v) is 9.82. The van der Waals surface area contributed by atoms with E-state index in [4.69, 9.17) is 14.2 Å². The number of hydrogen-bond donors (Lipinski definition) is 1. The number of hydrogen-bond acceptors (Lipinski definition) is 6. The largest absolute Gasteiger partial charge is 0.454 e. The lowest BCUT2D eigenvalue weighted by atomic mass is 10.1. The molecule has 1 aliphatic rings. The number of nitrogens with one attached hydrogen (secondary N) is 1. The van der Waals surface area contributed by atoms with Crippen LogP contribution < -0.4 is 14.8 Å². The first-order valence-electron chi connectivity index (χ1n) is 8.84. The molecule has 0 spiro atoms. The maximum atomic E-state index is 12.4. The fraction of sp³-hybridized carbons (Fsp3) is 0.474. The van der Waals surface area contributed by atoms with Crippen molar-refractivity contribution in [2.45, 2.75) is 38.5 Å². The molecule has 146 valence electrons. The molecule has 3 rings (SSSR count). The molecule has 2 aromatic rings. The van der Waals surface area contributed by atoms with Crippen molar-refractivity contribution in [1.82, 2.24) is 14.9 Å². The van der Waals surface area contributed by atoms with Gasteiger partial charge in [0, 0.05) is 19.3 Å². The lowest BCUT2D eigenvalue weighted by molar-refractivity contribution is -0.119. The molecule has 1 unspecified atom stereocenters. The predicted octanol–water partition coefficient (Wildman–Crippen LogP) is 2.84. The monoisotopic (exact) mass is 391 g/mol. The van der Waals surface area contributed by atoms with Gasteiger partial charge in [-0.15, -0.1) is 0 Å². The van der Waals surface area contributed by atoms with E-state index in [1.807, 2.05) is 39.0 Å². The Morgan fingerprint density at radius 1 is 1.37 bits per heavy atom. The minimum absolute atomic E-state index is 0.0400. The molecule has 0 radical (unpaired) electrons. The predicted molar refractivity (Wildman–Crippen MR) is 103 cm³/mol. The van der Waals surface area contributed by atoms with Crippen LogP contribution in [0.1, 0.15) is 29.9 Å². The van der Waals surface area contributed by atoms with Gasteiger partial charge in [-0.3, -0.25) is 4.79 Å². The van der Waals surface area contributed by atoms with E-state index in [2.05, 4.69) is 14.9 Å². The van der Waals surface area contributed by atoms with Crippen molar-refractivity contribution in [2.75, 3.05) is 26.3 Å². The second-order valence-corrected chi connectivity index (χ2v) is 7.34. The van der Waals surface area contributed by atoms with E-state index in [9.17, 15) is 4.79 Å². The van der Waals surface area contributed by atoms with Crippen molar-refractivity contribution in [3.63, 3.8) is 0 Å². The van der Waals surface area contributed by atoms with E-state index in [0.717, 1.165) is 34.4 Å². The topological polar surface area (TPSA) is 74.6 Å².